The number of carbonyl (C=O) groups is 1. The van der Waals surface area contributed by atoms with Gasteiger partial charge in [-0.15, -0.1) is 11.3 Å². The van der Waals surface area contributed by atoms with Crippen molar-refractivity contribution in [2.24, 2.45) is 5.92 Å². The molecule has 3 rings (SSSR count). The van der Waals surface area contributed by atoms with Crippen LogP contribution < -0.4 is 10.9 Å². The zero-order chi connectivity index (χ0) is 17.3. The number of fused-ring (bicyclic) bond motifs is 1. The fourth-order valence-corrected chi connectivity index (χ4v) is 4.11. The summed E-state index contributed by atoms with van der Waals surface area (Å²) >= 11 is 1.27. The van der Waals surface area contributed by atoms with Crippen molar-refractivity contribution in [1.29, 1.82) is 0 Å². The predicted molar refractivity (Wildman–Crippen MR) is 93.9 cm³/mol. The minimum absolute atomic E-state index is 0.153. The van der Waals surface area contributed by atoms with Crippen molar-refractivity contribution in [2.75, 3.05) is 39.9 Å². The molecule has 7 nitrogen and oxygen atoms in total. The molecule has 0 unspecified atom stereocenters. The predicted octanol–water partition coefficient (Wildman–Crippen LogP) is 0.909. The summed E-state index contributed by atoms with van der Waals surface area (Å²) in [5.74, 6) is 0.665. The van der Waals surface area contributed by atoms with E-state index in [1.807, 2.05) is 0 Å². The Balaban J connectivity index is 1.75. The number of hydrogen-bond donors (Lipinski definition) is 2. The molecule has 1 fully saturated rings. The number of aromatic nitrogens is 2. The van der Waals surface area contributed by atoms with Crippen molar-refractivity contribution in [2.45, 2.75) is 13.8 Å². The Hall–Kier alpha value is -1.77. The lowest BCUT2D eigenvalue weighted by Crippen LogP contribution is -2.35. The summed E-state index contributed by atoms with van der Waals surface area (Å²) in [4.78, 5) is 35.0. The lowest BCUT2D eigenvalue weighted by atomic mass is 10.1. The first-order valence-corrected chi connectivity index (χ1v) is 8.82. The normalized spacial score (nSPS) is 19.4. The zero-order valence-corrected chi connectivity index (χ0v) is 15.0. The van der Waals surface area contributed by atoms with Gasteiger partial charge in [-0.25, -0.2) is 4.98 Å². The van der Waals surface area contributed by atoms with Crippen molar-refractivity contribution in [3.8, 4) is 0 Å². The Kier molecular flexibility index (Phi) is 4.98. The number of amides is 1. The van der Waals surface area contributed by atoms with E-state index in [0.717, 1.165) is 19.7 Å². The molecule has 130 valence electrons. The van der Waals surface area contributed by atoms with Crippen molar-refractivity contribution in [3.63, 3.8) is 0 Å². The molecule has 2 N–H and O–H groups in total. The minimum atomic E-state index is -0.191. The molecule has 0 saturated carbocycles. The molecule has 1 amide bonds. The van der Waals surface area contributed by atoms with Crippen LogP contribution in [0.5, 0.6) is 0 Å². The monoisotopic (exact) mass is 350 g/mol. The van der Waals surface area contributed by atoms with E-state index in [4.69, 9.17) is 4.74 Å². The first kappa shape index (κ1) is 17.1. The van der Waals surface area contributed by atoms with Gasteiger partial charge in [0.15, 0.2) is 0 Å². The number of H-pyrrole nitrogens is 1. The maximum absolute atomic E-state index is 12.5. The molecule has 1 atom stereocenters. The van der Waals surface area contributed by atoms with E-state index in [0.29, 0.717) is 39.6 Å². The number of thiophene rings is 1. The Bertz CT molecular complexity index is 813. The lowest BCUT2D eigenvalue weighted by molar-refractivity contribution is 0.0925. The molecule has 0 spiro atoms. The molecular formula is C16H22N4O3S. The number of likely N-dealkylation sites (N-methyl/N-ethyl adjacent to an activating group) is 1. The number of hydrogen-bond acceptors (Lipinski definition) is 6. The number of carbonyl (C=O) groups excluding carboxylic acids is 1. The summed E-state index contributed by atoms with van der Waals surface area (Å²) in [6.45, 7) is 7.26. The van der Waals surface area contributed by atoms with Crippen LogP contribution in [-0.4, -0.2) is 60.7 Å². The molecule has 1 saturated heterocycles. The molecule has 2 aromatic heterocycles. The van der Waals surface area contributed by atoms with Crippen LogP contribution in [0.1, 0.15) is 21.1 Å². The standard InChI is InChI=1S/C16H22N4O3S/c1-9-12-14(21)18-10(2)19-16(12)24-13(9)15(22)17-6-11-7-20(3)4-5-23-8-11/h11H,4-8H2,1-3H3,(H,17,22)(H,18,19,21)/t11-/m0/s1. The van der Waals surface area contributed by atoms with Crippen molar-refractivity contribution in [3.05, 3.63) is 26.6 Å². The number of nitrogens with one attached hydrogen (secondary N) is 2. The SMILES string of the molecule is Cc1nc2sc(C(=O)NC[C@@H]3COCCN(C)C3)c(C)c2c(=O)[nH]1. The van der Waals surface area contributed by atoms with Crippen LogP contribution in [0, 0.1) is 19.8 Å². The highest BCUT2D eigenvalue weighted by atomic mass is 32.1. The second-order valence-corrected chi connectivity index (χ2v) is 7.30. The summed E-state index contributed by atoms with van der Waals surface area (Å²) in [7, 11) is 2.06. The quantitative estimate of drug-likeness (QED) is 0.859. The molecule has 2 aromatic rings. The maximum atomic E-state index is 12.5. The van der Waals surface area contributed by atoms with E-state index < -0.39 is 0 Å². The summed E-state index contributed by atoms with van der Waals surface area (Å²) < 4.78 is 5.57. The first-order valence-electron chi connectivity index (χ1n) is 8.00. The second kappa shape index (κ2) is 7.00. The maximum Gasteiger partial charge on any atom is 0.261 e. The van der Waals surface area contributed by atoms with Gasteiger partial charge < -0.3 is 19.9 Å². The van der Waals surface area contributed by atoms with Crippen LogP contribution in [0.15, 0.2) is 4.79 Å². The Labute approximate surface area is 144 Å². The Morgan fingerprint density at radius 2 is 2.29 bits per heavy atom. The van der Waals surface area contributed by atoms with Gasteiger partial charge in [-0.2, -0.15) is 0 Å². The molecule has 0 radical (unpaired) electrons. The lowest BCUT2D eigenvalue weighted by Gasteiger charge is -2.19. The number of rotatable bonds is 3. The molecule has 1 aliphatic rings. The average molecular weight is 350 g/mol. The van der Waals surface area contributed by atoms with Crippen LogP contribution in [0.4, 0.5) is 0 Å². The van der Waals surface area contributed by atoms with Gasteiger partial charge in [-0.05, 0) is 26.5 Å². The molecule has 0 aliphatic carbocycles. The third-order valence-electron chi connectivity index (χ3n) is 4.22. The van der Waals surface area contributed by atoms with Gasteiger partial charge in [-0.1, -0.05) is 0 Å². The van der Waals surface area contributed by atoms with E-state index in [9.17, 15) is 9.59 Å². The third-order valence-corrected chi connectivity index (χ3v) is 5.40. The van der Waals surface area contributed by atoms with E-state index in [1.165, 1.54) is 11.3 Å². The minimum Gasteiger partial charge on any atom is -0.380 e. The number of aryl methyl sites for hydroxylation is 2. The zero-order valence-electron chi connectivity index (χ0n) is 14.1. The molecule has 24 heavy (non-hydrogen) atoms. The van der Waals surface area contributed by atoms with Crippen LogP contribution >= 0.6 is 11.3 Å². The van der Waals surface area contributed by atoms with E-state index in [1.54, 1.807) is 13.8 Å². The Morgan fingerprint density at radius 3 is 3.08 bits per heavy atom. The smallest absolute Gasteiger partial charge is 0.261 e. The topological polar surface area (TPSA) is 87.3 Å². The van der Waals surface area contributed by atoms with Crippen LogP contribution in [-0.2, 0) is 4.74 Å². The van der Waals surface area contributed by atoms with Gasteiger partial charge in [0.1, 0.15) is 10.7 Å². The van der Waals surface area contributed by atoms with E-state index in [2.05, 4.69) is 27.2 Å². The fraction of sp³-hybridized carbons (Fsp3) is 0.562. The highest BCUT2D eigenvalue weighted by molar-refractivity contribution is 7.20. The number of ether oxygens (including phenoxy) is 1. The van der Waals surface area contributed by atoms with Gasteiger partial charge in [0.05, 0.1) is 23.5 Å². The number of nitrogens with zero attached hydrogens (tertiary/aromatic N) is 2. The van der Waals surface area contributed by atoms with Gasteiger partial charge in [-0.3, -0.25) is 9.59 Å². The molecule has 3 heterocycles. The summed E-state index contributed by atoms with van der Waals surface area (Å²) in [6, 6.07) is 0. The van der Waals surface area contributed by atoms with Crippen LogP contribution in [0.2, 0.25) is 0 Å². The fourth-order valence-electron chi connectivity index (χ4n) is 2.96. The van der Waals surface area contributed by atoms with E-state index >= 15 is 0 Å². The highest BCUT2D eigenvalue weighted by Crippen LogP contribution is 2.26. The third kappa shape index (κ3) is 3.50. The van der Waals surface area contributed by atoms with Crippen LogP contribution in [0.25, 0.3) is 10.2 Å². The van der Waals surface area contributed by atoms with Crippen LogP contribution in [0.3, 0.4) is 0 Å². The van der Waals surface area contributed by atoms with Gasteiger partial charge in [0, 0.05) is 25.6 Å². The van der Waals surface area contributed by atoms with Gasteiger partial charge in [0.25, 0.3) is 11.5 Å². The van der Waals surface area contributed by atoms with Gasteiger partial charge in [0.2, 0.25) is 0 Å². The summed E-state index contributed by atoms with van der Waals surface area (Å²) in [6.07, 6.45) is 0. The number of aromatic amines is 1. The molecule has 0 aromatic carbocycles. The average Bonchev–Trinajstić information content (AvgIpc) is 2.71. The molecular weight excluding hydrogens is 328 g/mol. The first-order chi connectivity index (χ1) is 11.5. The molecule has 8 heteroatoms. The highest BCUT2D eigenvalue weighted by Gasteiger charge is 2.21. The van der Waals surface area contributed by atoms with Gasteiger partial charge >= 0.3 is 0 Å². The Morgan fingerprint density at radius 1 is 1.50 bits per heavy atom. The summed E-state index contributed by atoms with van der Waals surface area (Å²) in [5.41, 5.74) is 0.500. The van der Waals surface area contributed by atoms with Crippen molar-refractivity contribution < 1.29 is 9.53 Å². The largest absolute Gasteiger partial charge is 0.380 e. The van der Waals surface area contributed by atoms with Crippen molar-refractivity contribution in [1.82, 2.24) is 20.2 Å². The molecule has 0 bridgehead atoms. The van der Waals surface area contributed by atoms with E-state index in [-0.39, 0.29) is 17.4 Å². The van der Waals surface area contributed by atoms with Crippen molar-refractivity contribution >= 4 is 27.5 Å². The summed E-state index contributed by atoms with van der Waals surface area (Å²) in [5, 5.41) is 3.49. The second-order valence-electron chi connectivity index (χ2n) is 6.30. The molecule has 1 aliphatic heterocycles.